The van der Waals surface area contributed by atoms with E-state index in [1.54, 1.807) is 0 Å². The maximum absolute atomic E-state index is 12.9. The second-order valence-corrected chi connectivity index (χ2v) is 8.60. The van der Waals surface area contributed by atoms with Gasteiger partial charge in [0.15, 0.2) is 0 Å². The Hall–Kier alpha value is -3.15. The minimum Gasteiger partial charge on any atom is -0.457 e. The van der Waals surface area contributed by atoms with Crippen molar-refractivity contribution in [3.05, 3.63) is 96.1 Å². The van der Waals surface area contributed by atoms with Crippen LogP contribution in [0, 0.1) is 0 Å². The number of aliphatic hydroxyl groups is 1. The molecule has 0 bridgehead atoms. The molecule has 1 unspecified atom stereocenters. The number of hydrogen-bond donors (Lipinski definition) is 2. The quantitative estimate of drug-likeness (QED) is 0.501. The zero-order chi connectivity index (χ0) is 22.9. The van der Waals surface area contributed by atoms with Crippen LogP contribution in [-0.2, 0) is 11.3 Å². The Morgan fingerprint density at radius 2 is 1.61 bits per heavy atom. The first-order valence-electron chi connectivity index (χ1n) is 11.7. The monoisotopic (exact) mass is 444 g/mol. The van der Waals surface area contributed by atoms with Crippen molar-refractivity contribution in [1.82, 2.24) is 10.2 Å². The molecule has 1 saturated heterocycles. The first-order chi connectivity index (χ1) is 16.2. The number of nitrogens with one attached hydrogen (secondary N) is 1. The van der Waals surface area contributed by atoms with Crippen LogP contribution in [0.5, 0.6) is 11.5 Å². The number of ether oxygens (including phenoxy) is 1. The topological polar surface area (TPSA) is 61.8 Å². The van der Waals surface area contributed by atoms with Gasteiger partial charge in [0.1, 0.15) is 11.5 Å². The molecular formula is C28H32N2O3. The van der Waals surface area contributed by atoms with Gasteiger partial charge in [0, 0.05) is 32.3 Å². The molecule has 3 aromatic rings. The van der Waals surface area contributed by atoms with Gasteiger partial charge in [0.25, 0.3) is 0 Å². The van der Waals surface area contributed by atoms with Gasteiger partial charge in [-0.15, -0.1) is 0 Å². The normalized spacial score (nSPS) is 15.7. The molecule has 0 aromatic heterocycles. The molecule has 4 rings (SSSR count). The lowest BCUT2D eigenvalue weighted by atomic mass is 9.94. The highest BCUT2D eigenvalue weighted by Gasteiger charge is 2.25. The van der Waals surface area contributed by atoms with Crippen LogP contribution in [0.1, 0.15) is 36.3 Å². The maximum atomic E-state index is 12.9. The summed E-state index contributed by atoms with van der Waals surface area (Å²) in [6.45, 7) is 2.73. The van der Waals surface area contributed by atoms with Crippen LogP contribution in [0.3, 0.4) is 0 Å². The van der Waals surface area contributed by atoms with Crippen molar-refractivity contribution < 1.29 is 14.6 Å². The molecule has 1 fully saturated rings. The van der Waals surface area contributed by atoms with Gasteiger partial charge in [0.2, 0.25) is 5.91 Å². The van der Waals surface area contributed by atoms with Crippen molar-refractivity contribution in [1.29, 1.82) is 0 Å². The van der Waals surface area contributed by atoms with Gasteiger partial charge in [-0.25, -0.2) is 0 Å². The molecule has 3 aromatic carbocycles. The molecule has 2 N–H and O–H groups in total. The molecule has 1 amide bonds. The van der Waals surface area contributed by atoms with Crippen LogP contribution in [0.25, 0.3) is 0 Å². The highest BCUT2D eigenvalue weighted by molar-refractivity contribution is 5.83. The van der Waals surface area contributed by atoms with Crippen LogP contribution >= 0.6 is 0 Å². The molecule has 0 radical (unpaired) electrons. The Labute approximate surface area is 196 Å². The van der Waals surface area contributed by atoms with Gasteiger partial charge in [-0.05, 0) is 54.7 Å². The fourth-order valence-corrected chi connectivity index (χ4v) is 4.39. The molecule has 5 nitrogen and oxygen atoms in total. The van der Waals surface area contributed by atoms with Crippen molar-refractivity contribution in [2.45, 2.75) is 37.8 Å². The molecule has 5 heteroatoms. The third kappa shape index (κ3) is 6.67. The molecule has 1 atom stereocenters. The molecule has 0 aliphatic carbocycles. The van der Waals surface area contributed by atoms with E-state index in [4.69, 9.17) is 4.74 Å². The first kappa shape index (κ1) is 23.0. The molecule has 33 heavy (non-hydrogen) atoms. The highest BCUT2D eigenvalue weighted by Crippen LogP contribution is 2.24. The summed E-state index contributed by atoms with van der Waals surface area (Å²) in [5.41, 5.74) is 2.18. The van der Waals surface area contributed by atoms with E-state index in [-0.39, 0.29) is 24.5 Å². The number of nitrogens with zero attached hydrogens (tertiary/aromatic N) is 1. The molecule has 1 heterocycles. The van der Waals surface area contributed by atoms with E-state index in [9.17, 15) is 9.90 Å². The fraction of sp³-hybridized carbons (Fsp3) is 0.321. The molecule has 0 saturated carbocycles. The van der Waals surface area contributed by atoms with E-state index >= 15 is 0 Å². The lowest BCUT2D eigenvalue weighted by molar-refractivity contribution is -0.124. The van der Waals surface area contributed by atoms with Gasteiger partial charge in [-0.2, -0.15) is 0 Å². The van der Waals surface area contributed by atoms with Crippen LogP contribution in [0.4, 0.5) is 0 Å². The van der Waals surface area contributed by atoms with Crippen molar-refractivity contribution in [2.75, 3.05) is 19.7 Å². The number of para-hydroxylation sites is 1. The van der Waals surface area contributed by atoms with Gasteiger partial charge in [0.05, 0.1) is 5.92 Å². The van der Waals surface area contributed by atoms with E-state index in [1.165, 1.54) is 5.56 Å². The standard InChI is InChI=1S/C28H32N2O3/c31-19-16-27(23-9-3-1-4-10-23)28(32)29-24-14-17-30(18-15-24)21-22-8-7-13-26(20-22)33-25-11-5-2-6-12-25/h1-13,20,24,27,31H,14-19,21H2,(H,29,32). The minimum absolute atomic E-state index is 0.00151. The van der Waals surface area contributed by atoms with E-state index < -0.39 is 0 Å². The average molecular weight is 445 g/mol. The number of rotatable bonds is 9. The third-order valence-corrected chi connectivity index (χ3v) is 6.15. The minimum atomic E-state index is -0.304. The van der Waals surface area contributed by atoms with Gasteiger partial charge in [-0.3, -0.25) is 9.69 Å². The number of hydrogen-bond acceptors (Lipinski definition) is 4. The van der Waals surface area contributed by atoms with E-state index in [2.05, 4.69) is 22.3 Å². The number of likely N-dealkylation sites (tertiary alicyclic amines) is 1. The Balaban J connectivity index is 1.27. The van der Waals surface area contributed by atoms with Crippen molar-refractivity contribution in [3.8, 4) is 11.5 Å². The fourth-order valence-electron chi connectivity index (χ4n) is 4.39. The Bertz CT molecular complexity index is 1000. The summed E-state index contributed by atoms with van der Waals surface area (Å²) in [6.07, 6.45) is 2.29. The zero-order valence-electron chi connectivity index (χ0n) is 18.9. The number of aliphatic hydroxyl groups excluding tert-OH is 1. The Morgan fingerprint density at radius 3 is 2.30 bits per heavy atom. The SMILES string of the molecule is O=C(NC1CCN(Cc2cccc(Oc3ccccc3)c2)CC1)C(CCO)c1ccccc1. The molecule has 172 valence electrons. The number of carbonyl (C=O) groups is 1. The summed E-state index contributed by atoms with van der Waals surface area (Å²) in [4.78, 5) is 15.3. The van der Waals surface area contributed by atoms with Gasteiger partial charge >= 0.3 is 0 Å². The summed E-state index contributed by atoms with van der Waals surface area (Å²) in [7, 11) is 0. The van der Waals surface area contributed by atoms with E-state index in [0.717, 1.165) is 49.5 Å². The summed E-state index contributed by atoms with van der Waals surface area (Å²) >= 11 is 0. The van der Waals surface area contributed by atoms with Gasteiger partial charge < -0.3 is 15.2 Å². The van der Waals surface area contributed by atoms with Crippen LogP contribution in [0.15, 0.2) is 84.9 Å². The number of piperidine rings is 1. The van der Waals surface area contributed by atoms with Gasteiger partial charge in [-0.1, -0.05) is 60.7 Å². The molecule has 1 aliphatic rings. The van der Waals surface area contributed by atoms with Crippen LogP contribution < -0.4 is 10.1 Å². The largest absolute Gasteiger partial charge is 0.457 e. The van der Waals surface area contributed by atoms with Crippen molar-refractivity contribution in [2.24, 2.45) is 0 Å². The molecule has 0 spiro atoms. The number of carbonyl (C=O) groups excluding carboxylic acids is 1. The second-order valence-electron chi connectivity index (χ2n) is 8.60. The number of amides is 1. The van der Waals surface area contributed by atoms with E-state index in [1.807, 2.05) is 72.8 Å². The summed E-state index contributed by atoms with van der Waals surface area (Å²) in [6, 6.07) is 28.0. The zero-order valence-corrected chi connectivity index (χ0v) is 18.9. The number of benzene rings is 3. The third-order valence-electron chi connectivity index (χ3n) is 6.15. The van der Waals surface area contributed by atoms with E-state index in [0.29, 0.717) is 6.42 Å². The maximum Gasteiger partial charge on any atom is 0.227 e. The smallest absolute Gasteiger partial charge is 0.227 e. The van der Waals surface area contributed by atoms with Crippen LogP contribution in [-0.4, -0.2) is 41.7 Å². The Morgan fingerprint density at radius 1 is 0.939 bits per heavy atom. The summed E-state index contributed by atoms with van der Waals surface area (Å²) in [5.74, 6) is 1.39. The lowest BCUT2D eigenvalue weighted by Gasteiger charge is -2.33. The Kier molecular flexibility index (Phi) is 8.12. The highest BCUT2D eigenvalue weighted by atomic mass is 16.5. The molecule has 1 aliphatic heterocycles. The van der Waals surface area contributed by atoms with Crippen LogP contribution in [0.2, 0.25) is 0 Å². The average Bonchev–Trinajstić information content (AvgIpc) is 2.85. The predicted octanol–water partition coefficient (Wildman–Crippen LogP) is 4.73. The van der Waals surface area contributed by atoms with Crippen molar-refractivity contribution >= 4 is 5.91 Å². The summed E-state index contributed by atoms with van der Waals surface area (Å²) in [5, 5.41) is 12.7. The molecular weight excluding hydrogens is 412 g/mol. The van der Waals surface area contributed by atoms with Crippen molar-refractivity contribution in [3.63, 3.8) is 0 Å². The lowest BCUT2D eigenvalue weighted by Crippen LogP contribution is -2.45. The summed E-state index contributed by atoms with van der Waals surface area (Å²) < 4.78 is 5.96. The predicted molar refractivity (Wildman–Crippen MR) is 130 cm³/mol. The second kappa shape index (κ2) is 11.6. The first-order valence-corrected chi connectivity index (χ1v) is 11.7.